The van der Waals surface area contributed by atoms with Gasteiger partial charge in [-0.3, -0.25) is 4.79 Å². The minimum absolute atomic E-state index is 0.0348. The number of hydrogen-bond donors (Lipinski definition) is 0. The van der Waals surface area contributed by atoms with Crippen molar-refractivity contribution in [2.45, 2.75) is 32.2 Å². The average molecular weight is 450 g/mol. The maximum Gasteiger partial charge on any atom is 0.422 e. The monoisotopic (exact) mass is 450 g/mol. The fourth-order valence-corrected chi connectivity index (χ4v) is 3.91. The van der Waals surface area contributed by atoms with Crippen LogP contribution in [0.4, 0.5) is 13.2 Å². The third-order valence-corrected chi connectivity index (χ3v) is 5.40. The summed E-state index contributed by atoms with van der Waals surface area (Å²) in [5, 5.41) is 9.47. The lowest BCUT2D eigenvalue weighted by Crippen LogP contribution is -2.34. The smallest absolute Gasteiger partial charge is 0.422 e. The maximum atomic E-state index is 12.7. The van der Waals surface area contributed by atoms with Crippen molar-refractivity contribution in [2.75, 3.05) is 33.0 Å². The van der Waals surface area contributed by atoms with Gasteiger partial charge >= 0.3 is 6.18 Å². The molecule has 32 heavy (non-hydrogen) atoms. The molecule has 1 atom stereocenters. The van der Waals surface area contributed by atoms with Gasteiger partial charge in [-0.15, -0.1) is 0 Å². The lowest BCUT2D eigenvalue weighted by atomic mass is 9.92. The van der Waals surface area contributed by atoms with Crippen LogP contribution in [-0.4, -0.2) is 49.9 Å². The van der Waals surface area contributed by atoms with Crippen molar-refractivity contribution in [3.63, 3.8) is 0 Å². The van der Waals surface area contributed by atoms with Gasteiger partial charge in [-0.2, -0.15) is 18.4 Å². The Morgan fingerprint density at radius 1 is 1.22 bits per heavy atom. The number of pyridine rings is 1. The molecule has 3 heterocycles. The van der Waals surface area contributed by atoms with E-state index in [1.54, 1.807) is 11.5 Å². The second-order valence-electron chi connectivity index (χ2n) is 7.62. The molecule has 10 heteroatoms. The normalized spacial score (nSPS) is 17.8. The molecule has 4 rings (SSSR count). The molecule has 2 aromatic rings. The van der Waals surface area contributed by atoms with E-state index in [1.165, 1.54) is 18.2 Å². The van der Waals surface area contributed by atoms with Crippen LogP contribution in [0.5, 0.6) is 11.5 Å². The van der Waals surface area contributed by atoms with Crippen LogP contribution in [0.2, 0.25) is 0 Å². The maximum absolute atomic E-state index is 12.7. The summed E-state index contributed by atoms with van der Waals surface area (Å²) >= 11 is 0. The van der Waals surface area contributed by atoms with E-state index in [0.29, 0.717) is 60.9 Å². The zero-order chi connectivity index (χ0) is 22.9. The Balaban J connectivity index is 1.69. The van der Waals surface area contributed by atoms with Crippen molar-refractivity contribution >= 4 is 0 Å². The van der Waals surface area contributed by atoms with Gasteiger partial charge in [-0.05, 0) is 31.0 Å². The van der Waals surface area contributed by atoms with E-state index >= 15 is 0 Å². The van der Waals surface area contributed by atoms with E-state index in [-0.39, 0.29) is 29.6 Å². The topological polar surface area (TPSA) is 82.7 Å². The van der Waals surface area contributed by atoms with Crippen LogP contribution in [-0.2, 0) is 22.4 Å². The Labute approximate surface area is 181 Å². The summed E-state index contributed by atoms with van der Waals surface area (Å²) in [5.74, 6) is 0.262. The average Bonchev–Trinajstić information content (AvgIpc) is 2.78. The molecule has 1 saturated heterocycles. The Morgan fingerprint density at radius 2 is 2.03 bits per heavy atom. The molecule has 0 radical (unpaired) electrons. The second kappa shape index (κ2) is 8.84. The van der Waals surface area contributed by atoms with Crippen molar-refractivity contribution in [2.24, 2.45) is 0 Å². The number of aromatic nitrogens is 1. The highest BCUT2D eigenvalue weighted by Gasteiger charge is 2.30. The van der Waals surface area contributed by atoms with Gasteiger partial charge in [0.25, 0.3) is 5.56 Å². The number of nitrogens with zero attached hydrogens (tertiary/aromatic N) is 2. The van der Waals surface area contributed by atoms with Crippen molar-refractivity contribution in [3.8, 4) is 28.8 Å². The first-order valence-electron chi connectivity index (χ1n) is 10.1. The fourth-order valence-electron chi connectivity index (χ4n) is 3.91. The highest BCUT2D eigenvalue weighted by molar-refractivity contribution is 5.74. The van der Waals surface area contributed by atoms with Crippen LogP contribution in [0.1, 0.15) is 16.7 Å². The zero-order valence-electron chi connectivity index (χ0n) is 17.3. The molecule has 1 unspecified atom stereocenters. The highest BCUT2D eigenvalue weighted by atomic mass is 19.4. The first kappa shape index (κ1) is 22.2. The molecule has 0 amide bonds. The van der Waals surface area contributed by atoms with E-state index in [2.05, 4.69) is 0 Å². The van der Waals surface area contributed by atoms with Crippen molar-refractivity contribution in [1.29, 1.82) is 5.26 Å². The van der Waals surface area contributed by atoms with Crippen LogP contribution in [0.25, 0.3) is 11.3 Å². The summed E-state index contributed by atoms with van der Waals surface area (Å²) in [4.78, 5) is 12.7. The standard InChI is InChI=1S/C22H21F3N2O5/c1-13-18(31-11-16-10-29-4-5-30-16)8-20(28)27-3-2-14-7-19(32-12-22(23,24)25)15(9-26)6-17(14)21(13)27/h6-8,16H,2-5,10-12H2,1H3. The quantitative estimate of drug-likeness (QED) is 0.697. The summed E-state index contributed by atoms with van der Waals surface area (Å²) in [7, 11) is 0. The molecule has 2 aliphatic heterocycles. The Morgan fingerprint density at radius 3 is 2.72 bits per heavy atom. The highest BCUT2D eigenvalue weighted by Crippen LogP contribution is 2.38. The number of alkyl halides is 3. The number of nitriles is 1. The lowest BCUT2D eigenvalue weighted by Gasteiger charge is -2.27. The molecule has 0 bridgehead atoms. The van der Waals surface area contributed by atoms with E-state index in [1.807, 2.05) is 6.07 Å². The number of rotatable bonds is 5. The fraction of sp³-hybridized carbons (Fsp3) is 0.455. The summed E-state index contributed by atoms with van der Waals surface area (Å²) in [6.45, 7) is 2.29. The molecule has 1 fully saturated rings. The summed E-state index contributed by atoms with van der Waals surface area (Å²) < 4.78 is 61.0. The summed E-state index contributed by atoms with van der Waals surface area (Å²) in [6, 6.07) is 6.23. The largest absolute Gasteiger partial charge is 0.490 e. The van der Waals surface area contributed by atoms with E-state index in [9.17, 15) is 23.2 Å². The number of hydrogen-bond acceptors (Lipinski definition) is 6. The van der Waals surface area contributed by atoms with Gasteiger partial charge in [0.1, 0.15) is 30.3 Å². The van der Waals surface area contributed by atoms with Crippen molar-refractivity contribution in [1.82, 2.24) is 4.57 Å². The summed E-state index contributed by atoms with van der Waals surface area (Å²) in [6.07, 6.45) is -4.34. The predicted molar refractivity (Wildman–Crippen MR) is 107 cm³/mol. The zero-order valence-corrected chi connectivity index (χ0v) is 17.3. The molecule has 1 aromatic carbocycles. The Bertz CT molecular complexity index is 1110. The van der Waals surface area contributed by atoms with Gasteiger partial charge in [0.2, 0.25) is 0 Å². The number of fused-ring (bicyclic) bond motifs is 3. The number of ether oxygens (including phenoxy) is 4. The molecule has 1 aromatic heterocycles. The SMILES string of the molecule is Cc1c(OCC2COCCO2)cc(=O)n2c1-c1cc(C#N)c(OCC(F)(F)F)cc1CC2. The van der Waals surface area contributed by atoms with E-state index in [0.717, 1.165) is 0 Å². The van der Waals surface area contributed by atoms with Crippen molar-refractivity contribution in [3.05, 3.63) is 45.2 Å². The van der Waals surface area contributed by atoms with Gasteiger partial charge < -0.3 is 23.5 Å². The minimum Gasteiger partial charge on any atom is -0.490 e. The van der Waals surface area contributed by atoms with E-state index in [4.69, 9.17) is 18.9 Å². The van der Waals surface area contributed by atoms with Crippen LogP contribution in [0.3, 0.4) is 0 Å². The molecule has 0 spiro atoms. The first-order chi connectivity index (χ1) is 15.3. The molecular formula is C22H21F3N2O5. The third kappa shape index (κ3) is 4.59. The Kier molecular flexibility index (Phi) is 6.13. The number of benzene rings is 1. The van der Waals surface area contributed by atoms with Gasteiger partial charge in [0.05, 0.1) is 31.1 Å². The van der Waals surface area contributed by atoms with Crippen LogP contribution in [0, 0.1) is 18.3 Å². The molecule has 0 aliphatic carbocycles. The predicted octanol–water partition coefficient (Wildman–Crippen LogP) is 2.99. The molecule has 7 nitrogen and oxygen atoms in total. The van der Waals surface area contributed by atoms with Gasteiger partial charge in [-0.1, -0.05) is 0 Å². The second-order valence-corrected chi connectivity index (χ2v) is 7.62. The van der Waals surface area contributed by atoms with Gasteiger partial charge in [-0.25, -0.2) is 0 Å². The van der Waals surface area contributed by atoms with Crippen LogP contribution in [0.15, 0.2) is 23.0 Å². The molecular weight excluding hydrogens is 429 g/mol. The Hall–Kier alpha value is -3.03. The molecule has 2 aliphatic rings. The minimum atomic E-state index is -4.52. The third-order valence-electron chi connectivity index (χ3n) is 5.40. The lowest BCUT2D eigenvalue weighted by molar-refractivity contribution is -0.153. The van der Waals surface area contributed by atoms with E-state index < -0.39 is 12.8 Å². The van der Waals surface area contributed by atoms with Crippen LogP contribution >= 0.6 is 0 Å². The molecule has 0 saturated carbocycles. The summed E-state index contributed by atoms with van der Waals surface area (Å²) in [5.41, 5.74) is 2.27. The first-order valence-corrected chi connectivity index (χ1v) is 10.1. The van der Waals surface area contributed by atoms with Crippen LogP contribution < -0.4 is 15.0 Å². The van der Waals surface area contributed by atoms with Gasteiger partial charge in [0.15, 0.2) is 6.61 Å². The number of aryl methyl sites for hydroxylation is 1. The molecule has 0 N–H and O–H groups in total. The van der Waals surface area contributed by atoms with Gasteiger partial charge in [0, 0.05) is 23.7 Å². The van der Waals surface area contributed by atoms with Crippen molar-refractivity contribution < 1.29 is 32.1 Å². The number of halogens is 3. The molecule has 170 valence electrons.